The molecule has 2 aromatic heterocycles. The molecular weight excluding hydrogens is 234 g/mol. The van der Waals surface area contributed by atoms with E-state index >= 15 is 0 Å². The summed E-state index contributed by atoms with van der Waals surface area (Å²) in [5.41, 5.74) is 2.04. The minimum absolute atomic E-state index is 0.0982. The van der Waals surface area contributed by atoms with E-state index < -0.39 is 5.97 Å². The largest absolute Gasteiger partial charge is 0.508 e. The minimum Gasteiger partial charge on any atom is -0.508 e. The number of H-pyrrole nitrogens is 1. The highest BCUT2D eigenvalue weighted by molar-refractivity contribution is 5.93. The Bertz CT molecular complexity index is 690. The van der Waals surface area contributed by atoms with Gasteiger partial charge in [-0.25, -0.2) is 4.79 Å². The van der Waals surface area contributed by atoms with Gasteiger partial charge in [-0.2, -0.15) is 0 Å². The molecule has 5 nitrogen and oxygen atoms in total. The van der Waals surface area contributed by atoms with Crippen LogP contribution in [0.4, 0.5) is 0 Å². The monoisotopic (exact) mass is 243 g/mol. The van der Waals surface area contributed by atoms with Crippen LogP contribution in [0.3, 0.4) is 0 Å². The van der Waals surface area contributed by atoms with Gasteiger partial charge in [-0.15, -0.1) is 0 Å². The molecule has 0 radical (unpaired) electrons. The van der Waals surface area contributed by atoms with Crippen LogP contribution in [0.15, 0.2) is 40.8 Å². The van der Waals surface area contributed by atoms with Gasteiger partial charge in [0.15, 0.2) is 5.58 Å². The van der Waals surface area contributed by atoms with Crippen LogP contribution in [-0.2, 0) is 0 Å². The number of aromatic amines is 1. The third-order valence-corrected chi connectivity index (χ3v) is 2.69. The number of carboxylic acid groups (broad SMARTS) is 1. The molecule has 0 aliphatic carbocycles. The fourth-order valence-corrected chi connectivity index (χ4v) is 1.81. The second kappa shape index (κ2) is 3.66. The number of aromatic carboxylic acids is 1. The first kappa shape index (κ1) is 10.5. The van der Waals surface area contributed by atoms with Crippen LogP contribution in [0.5, 0.6) is 5.75 Å². The quantitative estimate of drug-likeness (QED) is 0.645. The zero-order valence-corrected chi connectivity index (χ0v) is 9.18. The number of carboxylic acids is 1. The Morgan fingerprint density at radius 1 is 1.17 bits per heavy atom. The fourth-order valence-electron chi connectivity index (χ4n) is 1.81. The van der Waals surface area contributed by atoms with Crippen LogP contribution in [0.1, 0.15) is 10.5 Å². The van der Waals surface area contributed by atoms with E-state index in [1.54, 1.807) is 30.3 Å². The smallest absolute Gasteiger partial charge is 0.352 e. The van der Waals surface area contributed by atoms with Crippen LogP contribution < -0.4 is 0 Å². The van der Waals surface area contributed by atoms with Gasteiger partial charge in [0.2, 0.25) is 0 Å². The SMILES string of the molecule is O=C(O)c1cc2oc(-c3ccc(O)cc3)cc2[nH]1. The standard InChI is InChI=1S/C13H9NO4/c15-8-3-1-7(2-4-8)11-5-9-12(18-11)6-10(14-9)13(16)17/h1-6,14-15H,(H,16,17). The van der Waals surface area contributed by atoms with Crippen molar-refractivity contribution in [2.75, 3.05) is 0 Å². The summed E-state index contributed by atoms with van der Waals surface area (Å²) in [5.74, 6) is -0.218. The normalized spacial score (nSPS) is 10.9. The molecule has 90 valence electrons. The van der Waals surface area contributed by atoms with E-state index in [4.69, 9.17) is 9.52 Å². The lowest BCUT2D eigenvalue weighted by molar-refractivity contribution is 0.0691. The molecule has 0 aliphatic rings. The number of nitrogens with one attached hydrogen (secondary N) is 1. The van der Waals surface area contributed by atoms with Gasteiger partial charge in [-0.1, -0.05) is 0 Å². The summed E-state index contributed by atoms with van der Waals surface area (Å²) in [6.07, 6.45) is 0. The highest BCUT2D eigenvalue weighted by Gasteiger charge is 2.12. The van der Waals surface area contributed by atoms with Crippen molar-refractivity contribution in [1.82, 2.24) is 4.98 Å². The molecule has 0 bridgehead atoms. The molecule has 1 aromatic carbocycles. The molecule has 3 aromatic rings. The van der Waals surface area contributed by atoms with Crippen LogP contribution >= 0.6 is 0 Å². The van der Waals surface area contributed by atoms with Crippen molar-refractivity contribution < 1.29 is 19.4 Å². The molecule has 0 saturated carbocycles. The number of phenolic OH excluding ortho intramolecular Hbond substituents is 1. The predicted molar refractivity (Wildman–Crippen MR) is 64.6 cm³/mol. The van der Waals surface area contributed by atoms with Crippen LogP contribution in [0, 0.1) is 0 Å². The highest BCUT2D eigenvalue weighted by Crippen LogP contribution is 2.29. The number of rotatable bonds is 2. The lowest BCUT2D eigenvalue weighted by atomic mass is 10.2. The Balaban J connectivity index is 2.06. The topological polar surface area (TPSA) is 86.5 Å². The number of aromatic nitrogens is 1. The first-order chi connectivity index (χ1) is 8.63. The molecule has 3 N–H and O–H groups in total. The highest BCUT2D eigenvalue weighted by atomic mass is 16.4. The number of carbonyl (C=O) groups is 1. The Hall–Kier alpha value is -2.69. The summed E-state index contributed by atoms with van der Waals surface area (Å²) in [6, 6.07) is 9.76. The van der Waals surface area contributed by atoms with E-state index in [0.29, 0.717) is 16.9 Å². The number of aromatic hydroxyl groups is 1. The van der Waals surface area contributed by atoms with Gasteiger partial charge in [0.25, 0.3) is 0 Å². The van der Waals surface area contributed by atoms with Crippen molar-refractivity contribution in [2.45, 2.75) is 0 Å². The maximum Gasteiger partial charge on any atom is 0.352 e. The zero-order chi connectivity index (χ0) is 12.7. The lowest BCUT2D eigenvalue weighted by Crippen LogP contribution is -1.94. The zero-order valence-electron chi connectivity index (χ0n) is 9.18. The third-order valence-electron chi connectivity index (χ3n) is 2.69. The van der Waals surface area contributed by atoms with Crippen molar-refractivity contribution in [2.24, 2.45) is 0 Å². The summed E-state index contributed by atoms with van der Waals surface area (Å²) in [4.78, 5) is 13.5. The van der Waals surface area contributed by atoms with Crippen molar-refractivity contribution >= 4 is 17.1 Å². The molecule has 0 saturated heterocycles. The summed E-state index contributed by atoms with van der Waals surface area (Å²) in [6.45, 7) is 0. The minimum atomic E-state index is -1.02. The van der Waals surface area contributed by atoms with E-state index in [9.17, 15) is 9.90 Å². The number of phenols is 1. The van der Waals surface area contributed by atoms with Crippen molar-refractivity contribution in [1.29, 1.82) is 0 Å². The molecule has 5 heteroatoms. The average Bonchev–Trinajstić information content (AvgIpc) is 2.87. The maximum absolute atomic E-state index is 10.8. The molecule has 0 fully saturated rings. The lowest BCUT2D eigenvalue weighted by Gasteiger charge is -1.96. The molecule has 0 unspecified atom stereocenters. The predicted octanol–water partition coefficient (Wildman–Crippen LogP) is 2.83. The van der Waals surface area contributed by atoms with Crippen LogP contribution in [0.25, 0.3) is 22.4 Å². The van der Waals surface area contributed by atoms with Crippen molar-refractivity contribution in [3.63, 3.8) is 0 Å². The average molecular weight is 243 g/mol. The first-order valence-electron chi connectivity index (χ1n) is 5.29. The second-order valence-corrected chi connectivity index (χ2v) is 3.92. The molecule has 18 heavy (non-hydrogen) atoms. The van der Waals surface area contributed by atoms with Gasteiger partial charge in [0.1, 0.15) is 17.2 Å². The number of fused-ring (bicyclic) bond motifs is 1. The molecular formula is C13H9NO4. The van der Waals surface area contributed by atoms with E-state index in [-0.39, 0.29) is 11.4 Å². The molecule has 3 rings (SSSR count). The molecule has 2 heterocycles. The van der Waals surface area contributed by atoms with E-state index in [2.05, 4.69) is 4.98 Å². The Labute approximate surface area is 101 Å². The third kappa shape index (κ3) is 1.62. The number of benzene rings is 1. The fraction of sp³-hybridized carbons (Fsp3) is 0. The number of hydrogen-bond donors (Lipinski definition) is 3. The van der Waals surface area contributed by atoms with Gasteiger partial charge in [-0.05, 0) is 24.3 Å². The summed E-state index contributed by atoms with van der Waals surface area (Å²) < 4.78 is 5.55. The number of furan rings is 1. The van der Waals surface area contributed by atoms with Crippen LogP contribution in [-0.4, -0.2) is 21.2 Å². The van der Waals surface area contributed by atoms with E-state index in [0.717, 1.165) is 5.56 Å². The van der Waals surface area contributed by atoms with Gasteiger partial charge in [-0.3, -0.25) is 0 Å². The molecule has 0 atom stereocenters. The summed E-state index contributed by atoms with van der Waals surface area (Å²) in [5, 5.41) is 18.0. The molecule has 0 aliphatic heterocycles. The van der Waals surface area contributed by atoms with E-state index in [1.165, 1.54) is 6.07 Å². The number of hydrogen-bond acceptors (Lipinski definition) is 3. The molecule has 0 amide bonds. The second-order valence-electron chi connectivity index (χ2n) is 3.92. The van der Waals surface area contributed by atoms with Crippen molar-refractivity contribution in [3.05, 3.63) is 42.1 Å². The Morgan fingerprint density at radius 2 is 1.89 bits per heavy atom. The van der Waals surface area contributed by atoms with Crippen molar-refractivity contribution in [3.8, 4) is 17.1 Å². The molecule has 0 spiro atoms. The summed E-state index contributed by atoms with van der Waals surface area (Å²) >= 11 is 0. The van der Waals surface area contributed by atoms with E-state index in [1.807, 2.05) is 0 Å². The van der Waals surface area contributed by atoms with Gasteiger partial charge < -0.3 is 19.6 Å². The summed E-state index contributed by atoms with van der Waals surface area (Å²) in [7, 11) is 0. The van der Waals surface area contributed by atoms with Gasteiger partial charge >= 0.3 is 5.97 Å². The Morgan fingerprint density at radius 3 is 2.50 bits per heavy atom. The van der Waals surface area contributed by atoms with Gasteiger partial charge in [0, 0.05) is 17.7 Å². The Kier molecular flexibility index (Phi) is 2.13. The van der Waals surface area contributed by atoms with Gasteiger partial charge in [0.05, 0.1) is 5.52 Å². The van der Waals surface area contributed by atoms with Crippen LogP contribution in [0.2, 0.25) is 0 Å². The first-order valence-corrected chi connectivity index (χ1v) is 5.29. The maximum atomic E-state index is 10.8.